The van der Waals surface area contributed by atoms with Crippen molar-refractivity contribution in [3.63, 3.8) is 0 Å². The van der Waals surface area contributed by atoms with Crippen molar-refractivity contribution >= 4 is 23.4 Å². The number of fused-ring (bicyclic) bond motifs is 1. The number of aryl methyl sites for hydroxylation is 2. The number of anilines is 1. The third-order valence-electron chi connectivity index (χ3n) is 4.88. The van der Waals surface area contributed by atoms with Crippen LogP contribution in [0.25, 0.3) is 0 Å². The van der Waals surface area contributed by atoms with Crippen LogP contribution in [0.2, 0.25) is 0 Å². The van der Waals surface area contributed by atoms with Crippen LogP contribution in [0, 0.1) is 13.8 Å². The van der Waals surface area contributed by atoms with Crippen LogP contribution in [0.4, 0.5) is 5.69 Å². The Morgan fingerprint density at radius 3 is 2.43 bits per heavy atom. The van der Waals surface area contributed by atoms with E-state index in [1.54, 1.807) is 18.2 Å². The summed E-state index contributed by atoms with van der Waals surface area (Å²) in [5.41, 5.74) is 3.92. The van der Waals surface area contributed by atoms with Crippen molar-refractivity contribution in [2.24, 2.45) is 0 Å². The SMILES string of the molecule is CCN(CCNC(=O)CN1C(=O)c2ccc(C)cc2C1=O)c1cccc(C)c1. The first-order valence-corrected chi connectivity index (χ1v) is 9.46. The molecule has 0 bridgehead atoms. The van der Waals surface area contributed by atoms with E-state index in [2.05, 4.69) is 23.2 Å². The van der Waals surface area contributed by atoms with Crippen LogP contribution >= 0.6 is 0 Å². The fourth-order valence-electron chi connectivity index (χ4n) is 3.37. The van der Waals surface area contributed by atoms with Crippen molar-refractivity contribution < 1.29 is 14.4 Å². The van der Waals surface area contributed by atoms with Gasteiger partial charge in [-0.15, -0.1) is 0 Å². The summed E-state index contributed by atoms with van der Waals surface area (Å²) in [5.74, 6) is -1.16. The molecule has 0 aromatic heterocycles. The number of hydrogen-bond acceptors (Lipinski definition) is 4. The van der Waals surface area contributed by atoms with E-state index in [1.807, 2.05) is 32.0 Å². The first kappa shape index (κ1) is 19.6. The Kier molecular flexibility index (Phi) is 5.78. The van der Waals surface area contributed by atoms with Crippen LogP contribution in [-0.4, -0.2) is 48.8 Å². The zero-order chi connectivity index (χ0) is 20.3. The van der Waals surface area contributed by atoms with Crippen molar-refractivity contribution in [1.29, 1.82) is 0 Å². The van der Waals surface area contributed by atoms with E-state index in [9.17, 15) is 14.4 Å². The maximum atomic E-state index is 12.5. The van der Waals surface area contributed by atoms with E-state index >= 15 is 0 Å². The highest BCUT2D eigenvalue weighted by atomic mass is 16.2. The number of carbonyl (C=O) groups excluding carboxylic acids is 3. The third kappa shape index (κ3) is 4.06. The van der Waals surface area contributed by atoms with Crippen molar-refractivity contribution in [3.05, 3.63) is 64.7 Å². The topological polar surface area (TPSA) is 69.7 Å². The number of likely N-dealkylation sites (N-methyl/N-ethyl adjacent to an activating group) is 1. The Morgan fingerprint density at radius 2 is 1.71 bits per heavy atom. The van der Waals surface area contributed by atoms with Crippen molar-refractivity contribution in [3.8, 4) is 0 Å². The van der Waals surface area contributed by atoms with Gasteiger partial charge in [0.1, 0.15) is 6.54 Å². The summed E-state index contributed by atoms with van der Waals surface area (Å²) in [7, 11) is 0. The normalized spacial score (nSPS) is 12.9. The molecule has 0 saturated carbocycles. The van der Waals surface area contributed by atoms with Crippen LogP contribution in [0.5, 0.6) is 0 Å². The number of hydrogen-bond donors (Lipinski definition) is 1. The molecule has 3 amide bonds. The molecule has 0 atom stereocenters. The monoisotopic (exact) mass is 379 g/mol. The summed E-state index contributed by atoms with van der Waals surface area (Å²) in [5, 5.41) is 2.81. The zero-order valence-electron chi connectivity index (χ0n) is 16.5. The van der Waals surface area contributed by atoms with E-state index in [0.717, 1.165) is 22.7 Å². The highest BCUT2D eigenvalue weighted by Gasteiger charge is 2.36. The second-order valence-electron chi connectivity index (χ2n) is 7.01. The lowest BCUT2D eigenvalue weighted by atomic mass is 10.1. The Morgan fingerprint density at radius 1 is 1.00 bits per heavy atom. The molecule has 28 heavy (non-hydrogen) atoms. The molecule has 2 aromatic rings. The summed E-state index contributed by atoms with van der Waals surface area (Å²) in [6.07, 6.45) is 0. The Balaban J connectivity index is 1.55. The predicted molar refractivity (Wildman–Crippen MR) is 109 cm³/mol. The van der Waals surface area contributed by atoms with Gasteiger partial charge in [0.15, 0.2) is 0 Å². The van der Waals surface area contributed by atoms with E-state index in [0.29, 0.717) is 24.2 Å². The maximum Gasteiger partial charge on any atom is 0.262 e. The zero-order valence-corrected chi connectivity index (χ0v) is 16.5. The molecular formula is C22H25N3O3. The largest absolute Gasteiger partial charge is 0.370 e. The standard InChI is InChI=1S/C22H25N3O3/c1-4-24(17-7-5-6-15(2)12-17)11-10-23-20(26)14-25-21(27)18-9-8-16(3)13-19(18)22(25)28/h5-9,12-13H,4,10-11,14H2,1-3H3,(H,23,26). The lowest BCUT2D eigenvalue weighted by Crippen LogP contribution is -2.42. The van der Waals surface area contributed by atoms with Gasteiger partial charge in [-0.1, -0.05) is 23.8 Å². The van der Waals surface area contributed by atoms with Gasteiger partial charge < -0.3 is 10.2 Å². The smallest absolute Gasteiger partial charge is 0.262 e. The van der Waals surface area contributed by atoms with Gasteiger partial charge in [0, 0.05) is 25.3 Å². The van der Waals surface area contributed by atoms with Crippen molar-refractivity contribution in [1.82, 2.24) is 10.2 Å². The van der Waals surface area contributed by atoms with Gasteiger partial charge in [0.25, 0.3) is 11.8 Å². The molecule has 2 aromatic carbocycles. The average Bonchev–Trinajstić information content (AvgIpc) is 2.89. The number of imide groups is 1. The highest BCUT2D eigenvalue weighted by Crippen LogP contribution is 2.23. The minimum atomic E-state index is -0.412. The first-order chi connectivity index (χ1) is 13.4. The highest BCUT2D eigenvalue weighted by molar-refractivity contribution is 6.22. The number of benzene rings is 2. The van der Waals surface area contributed by atoms with Crippen LogP contribution < -0.4 is 10.2 Å². The lowest BCUT2D eigenvalue weighted by Gasteiger charge is -2.24. The van der Waals surface area contributed by atoms with Crippen LogP contribution in [0.3, 0.4) is 0 Å². The quantitative estimate of drug-likeness (QED) is 0.751. The number of amides is 3. The summed E-state index contributed by atoms with van der Waals surface area (Å²) < 4.78 is 0. The number of rotatable bonds is 7. The van der Waals surface area contributed by atoms with Gasteiger partial charge >= 0.3 is 0 Å². The fourth-order valence-corrected chi connectivity index (χ4v) is 3.37. The molecule has 1 aliphatic rings. The van der Waals surface area contributed by atoms with Crippen LogP contribution in [0.1, 0.15) is 38.8 Å². The molecular weight excluding hydrogens is 354 g/mol. The van der Waals surface area contributed by atoms with Gasteiger partial charge in [0.05, 0.1) is 11.1 Å². The number of carbonyl (C=O) groups is 3. The molecule has 0 spiro atoms. The minimum Gasteiger partial charge on any atom is -0.370 e. The van der Waals surface area contributed by atoms with Crippen LogP contribution in [-0.2, 0) is 4.79 Å². The minimum absolute atomic E-state index is 0.262. The molecule has 0 fully saturated rings. The second kappa shape index (κ2) is 8.25. The van der Waals surface area contributed by atoms with E-state index < -0.39 is 11.8 Å². The average molecular weight is 379 g/mol. The lowest BCUT2D eigenvalue weighted by molar-refractivity contribution is -0.121. The van der Waals surface area contributed by atoms with E-state index in [-0.39, 0.29) is 12.5 Å². The predicted octanol–water partition coefficient (Wildman–Crippen LogP) is 2.54. The molecule has 146 valence electrons. The van der Waals surface area contributed by atoms with Crippen LogP contribution in [0.15, 0.2) is 42.5 Å². The molecule has 1 aliphatic heterocycles. The van der Waals surface area contributed by atoms with Gasteiger partial charge in [0.2, 0.25) is 5.91 Å². The van der Waals surface area contributed by atoms with E-state index in [1.165, 1.54) is 5.56 Å². The van der Waals surface area contributed by atoms with Crippen molar-refractivity contribution in [2.45, 2.75) is 20.8 Å². The summed E-state index contributed by atoms with van der Waals surface area (Å²) in [6.45, 7) is 7.60. The van der Waals surface area contributed by atoms with Crippen molar-refractivity contribution in [2.75, 3.05) is 31.1 Å². The summed E-state index contributed by atoms with van der Waals surface area (Å²) in [6, 6.07) is 13.3. The second-order valence-corrected chi connectivity index (χ2v) is 7.01. The summed E-state index contributed by atoms with van der Waals surface area (Å²) >= 11 is 0. The molecule has 3 rings (SSSR count). The molecule has 0 saturated heterocycles. The Labute approximate surface area is 165 Å². The Bertz CT molecular complexity index is 923. The van der Waals surface area contributed by atoms with Gasteiger partial charge in [-0.25, -0.2) is 0 Å². The fraction of sp³-hybridized carbons (Fsp3) is 0.318. The number of nitrogens with zero attached hydrogens (tertiary/aromatic N) is 2. The third-order valence-corrected chi connectivity index (χ3v) is 4.88. The molecule has 1 heterocycles. The molecule has 0 aliphatic carbocycles. The maximum absolute atomic E-state index is 12.5. The molecule has 0 radical (unpaired) electrons. The summed E-state index contributed by atoms with van der Waals surface area (Å²) in [4.78, 5) is 40.3. The van der Waals surface area contributed by atoms with Gasteiger partial charge in [-0.2, -0.15) is 0 Å². The molecule has 6 heteroatoms. The first-order valence-electron chi connectivity index (χ1n) is 9.46. The molecule has 6 nitrogen and oxygen atoms in total. The van der Waals surface area contributed by atoms with E-state index in [4.69, 9.17) is 0 Å². The number of nitrogens with one attached hydrogen (secondary N) is 1. The Hall–Kier alpha value is -3.15. The van der Waals surface area contributed by atoms with Gasteiger partial charge in [-0.3, -0.25) is 19.3 Å². The van der Waals surface area contributed by atoms with Gasteiger partial charge in [-0.05, 0) is 50.6 Å². The molecule has 0 unspecified atom stereocenters. The molecule has 1 N–H and O–H groups in total.